The largest absolute Gasteiger partial charge is 0.360 e. The van der Waals surface area contributed by atoms with Crippen LogP contribution in [-0.4, -0.2) is 36.5 Å². The zero-order valence-corrected chi connectivity index (χ0v) is 11.9. The summed E-state index contributed by atoms with van der Waals surface area (Å²) >= 11 is 0. The number of carbonyl (C=O) groups is 1. The van der Waals surface area contributed by atoms with E-state index in [9.17, 15) is 14.9 Å². The summed E-state index contributed by atoms with van der Waals surface area (Å²) in [6, 6.07) is 6.31. The van der Waals surface area contributed by atoms with Gasteiger partial charge in [-0.25, -0.2) is 0 Å². The SMILES string of the molecule is CN(CC(=O)NC(C)(C)CN)c1ccccc1[N+](=O)[O-]. The molecule has 0 aliphatic rings. The normalized spacial score (nSPS) is 11.0. The molecule has 110 valence electrons. The molecule has 0 atom stereocenters. The number of nitrogens with zero attached hydrogens (tertiary/aromatic N) is 2. The van der Waals surface area contributed by atoms with Crippen molar-refractivity contribution in [2.24, 2.45) is 5.73 Å². The summed E-state index contributed by atoms with van der Waals surface area (Å²) < 4.78 is 0. The standard InChI is InChI=1S/C13H20N4O3/c1-13(2,9-14)15-12(18)8-16(3)10-6-4-5-7-11(10)17(19)20/h4-7H,8-9,14H2,1-3H3,(H,15,18). The average Bonchev–Trinajstić information content (AvgIpc) is 2.37. The van der Waals surface area contributed by atoms with Crippen molar-refractivity contribution in [3.05, 3.63) is 34.4 Å². The molecule has 0 bridgehead atoms. The van der Waals surface area contributed by atoms with Crippen LogP contribution in [0.15, 0.2) is 24.3 Å². The van der Waals surface area contributed by atoms with Gasteiger partial charge in [-0.15, -0.1) is 0 Å². The summed E-state index contributed by atoms with van der Waals surface area (Å²) in [6.07, 6.45) is 0. The fourth-order valence-electron chi connectivity index (χ4n) is 1.71. The van der Waals surface area contributed by atoms with Crippen LogP contribution in [0, 0.1) is 10.1 Å². The number of amides is 1. The first-order valence-corrected chi connectivity index (χ1v) is 6.22. The van der Waals surface area contributed by atoms with Crippen LogP contribution in [0.3, 0.4) is 0 Å². The Morgan fingerprint density at radius 3 is 2.60 bits per heavy atom. The number of carbonyl (C=O) groups excluding carboxylic acids is 1. The Kier molecular flexibility index (Phi) is 5.04. The second-order valence-corrected chi connectivity index (χ2v) is 5.24. The van der Waals surface area contributed by atoms with Crippen molar-refractivity contribution in [3.63, 3.8) is 0 Å². The molecule has 0 saturated heterocycles. The number of nitrogens with two attached hydrogens (primary N) is 1. The molecule has 1 aromatic rings. The van der Waals surface area contributed by atoms with Crippen molar-refractivity contribution in [2.45, 2.75) is 19.4 Å². The van der Waals surface area contributed by atoms with Crippen molar-refractivity contribution in [2.75, 3.05) is 25.0 Å². The predicted octanol–water partition coefficient (Wildman–Crippen LogP) is 0.885. The van der Waals surface area contributed by atoms with E-state index in [1.807, 2.05) is 13.8 Å². The molecule has 0 spiro atoms. The smallest absolute Gasteiger partial charge is 0.292 e. The van der Waals surface area contributed by atoms with E-state index >= 15 is 0 Å². The van der Waals surface area contributed by atoms with Gasteiger partial charge in [0.05, 0.1) is 11.5 Å². The number of rotatable bonds is 6. The minimum atomic E-state index is -0.499. The first kappa shape index (κ1) is 15.9. The van der Waals surface area contributed by atoms with Crippen molar-refractivity contribution >= 4 is 17.3 Å². The molecule has 7 heteroatoms. The lowest BCUT2D eigenvalue weighted by atomic mass is 10.1. The van der Waals surface area contributed by atoms with E-state index in [0.29, 0.717) is 12.2 Å². The first-order chi connectivity index (χ1) is 9.26. The number of nitro groups is 1. The molecule has 0 unspecified atom stereocenters. The van der Waals surface area contributed by atoms with Crippen LogP contribution in [-0.2, 0) is 4.79 Å². The molecule has 1 rings (SSSR count). The first-order valence-electron chi connectivity index (χ1n) is 6.22. The Labute approximate surface area is 117 Å². The van der Waals surface area contributed by atoms with Gasteiger partial charge in [0.25, 0.3) is 5.69 Å². The second kappa shape index (κ2) is 6.33. The number of nitro benzene ring substituents is 1. The van der Waals surface area contributed by atoms with Crippen molar-refractivity contribution in [1.29, 1.82) is 0 Å². The predicted molar refractivity (Wildman–Crippen MR) is 77.6 cm³/mol. The highest BCUT2D eigenvalue weighted by Gasteiger charge is 2.21. The molecular weight excluding hydrogens is 260 g/mol. The highest BCUT2D eigenvalue weighted by molar-refractivity contribution is 5.83. The quantitative estimate of drug-likeness (QED) is 0.595. The lowest BCUT2D eigenvalue weighted by molar-refractivity contribution is -0.384. The molecule has 0 aliphatic heterocycles. The molecule has 20 heavy (non-hydrogen) atoms. The maximum absolute atomic E-state index is 11.9. The van der Waals surface area contributed by atoms with Gasteiger partial charge >= 0.3 is 0 Å². The van der Waals surface area contributed by atoms with Gasteiger partial charge in [-0.1, -0.05) is 12.1 Å². The third-order valence-electron chi connectivity index (χ3n) is 2.86. The number of anilines is 1. The van der Waals surface area contributed by atoms with E-state index in [1.165, 1.54) is 6.07 Å². The Morgan fingerprint density at radius 2 is 2.05 bits per heavy atom. The van der Waals surface area contributed by atoms with Gasteiger partial charge in [0.1, 0.15) is 5.69 Å². The lowest BCUT2D eigenvalue weighted by Crippen LogP contribution is -2.51. The van der Waals surface area contributed by atoms with E-state index in [2.05, 4.69) is 5.32 Å². The minimum Gasteiger partial charge on any atom is -0.360 e. The number of likely N-dealkylation sites (N-methyl/N-ethyl adjacent to an activating group) is 1. The summed E-state index contributed by atoms with van der Waals surface area (Å²) in [5.41, 5.74) is 5.42. The molecule has 0 fully saturated rings. The molecule has 0 aromatic heterocycles. The molecule has 0 radical (unpaired) electrons. The number of hydrogen-bond donors (Lipinski definition) is 2. The van der Waals surface area contributed by atoms with Crippen LogP contribution in [0.4, 0.5) is 11.4 Å². The fourth-order valence-corrected chi connectivity index (χ4v) is 1.71. The molecule has 3 N–H and O–H groups in total. The Balaban J connectivity index is 2.79. The van der Waals surface area contributed by atoms with Gasteiger partial charge in [0.2, 0.25) is 5.91 Å². The van der Waals surface area contributed by atoms with Gasteiger partial charge in [-0.3, -0.25) is 14.9 Å². The number of para-hydroxylation sites is 2. The van der Waals surface area contributed by atoms with Gasteiger partial charge in [0.15, 0.2) is 0 Å². The van der Waals surface area contributed by atoms with Crippen LogP contribution in [0.1, 0.15) is 13.8 Å². The summed E-state index contributed by atoms with van der Waals surface area (Å²) in [6.45, 7) is 3.97. The highest BCUT2D eigenvalue weighted by Crippen LogP contribution is 2.26. The van der Waals surface area contributed by atoms with E-state index in [-0.39, 0.29) is 18.1 Å². The Hall–Kier alpha value is -2.15. The Morgan fingerprint density at radius 1 is 1.45 bits per heavy atom. The van der Waals surface area contributed by atoms with Crippen molar-refractivity contribution < 1.29 is 9.72 Å². The van der Waals surface area contributed by atoms with Gasteiger partial charge in [-0.2, -0.15) is 0 Å². The van der Waals surface area contributed by atoms with Gasteiger partial charge in [-0.05, 0) is 19.9 Å². The summed E-state index contributed by atoms with van der Waals surface area (Å²) in [5.74, 6) is -0.235. The molecule has 7 nitrogen and oxygen atoms in total. The maximum atomic E-state index is 11.9. The second-order valence-electron chi connectivity index (χ2n) is 5.24. The topological polar surface area (TPSA) is 102 Å². The number of benzene rings is 1. The van der Waals surface area contributed by atoms with Crippen molar-refractivity contribution in [1.82, 2.24) is 5.32 Å². The van der Waals surface area contributed by atoms with Crippen LogP contribution < -0.4 is 16.0 Å². The molecule has 0 heterocycles. The fraction of sp³-hybridized carbons (Fsp3) is 0.462. The Bertz CT molecular complexity index is 502. The third kappa shape index (κ3) is 4.20. The van der Waals surface area contributed by atoms with E-state index in [0.717, 1.165) is 0 Å². The zero-order chi connectivity index (χ0) is 15.3. The van der Waals surface area contributed by atoms with E-state index in [1.54, 1.807) is 30.1 Å². The number of nitrogens with one attached hydrogen (secondary N) is 1. The summed E-state index contributed by atoms with van der Waals surface area (Å²) in [5, 5.41) is 13.7. The molecule has 1 aromatic carbocycles. The highest BCUT2D eigenvalue weighted by atomic mass is 16.6. The average molecular weight is 280 g/mol. The van der Waals surface area contributed by atoms with Crippen molar-refractivity contribution in [3.8, 4) is 0 Å². The number of hydrogen-bond acceptors (Lipinski definition) is 5. The van der Waals surface area contributed by atoms with Crippen LogP contribution in [0.2, 0.25) is 0 Å². The molecular formula is C13H20N4O3. The molecule has 1 amide bonds. The summed E-state index contributed by atoms with van der Waals surface area (Å²) in [7, 11) is 1.64. The zero-order valence-electron chi connectivity index (χ0n) is 11.9. The summed E-state index contributed by atoms with van der Waals surface area (Å²) in [4.78, 5) is 23.9. The third-order valence-corrected chi connectivity index (χ3v) is 2.86. The van der Waals surface area contributed by atoms with Crippen LogP contribution in [0.25, 0.3) is 0 Å². The lowest BCUT2D eigenvalue weighted by Gasteiger charge is -2.26. The van der Waals surface area contributed by atoms with Crippen LogP contribution >= 0.6 is 0 Å². The van der Waals surface area contributed by atoms with Gasteiger partial charge < -0.3 is 16.0 Å². The maximum Gasteiger partial charge on any atom is 0.292 e. The van der Waals surface area contributed by atoms with E-state index < -0.39 is 10.5 Å². The van der Waals surface area contributed by atoms with Crippen LogP contribution in [0.5, 0.6) is 0 Å². The minimum absolute atomic E-state index is 0.0221. The molecule has 0 aliphatic carbocycles. The monoisotopic (exact) mass is 280 g/mol. The molecule has 0 saturated carbocycles. The van der Waals surface area contributed by atoms with Gasteiger partial charge in [0, 0.05) is 25.2 Å². The van der Waals surface area contributed by atoms with E-state index in [4.69, 9.17) is 5.73 Å².